The highest BCUT2D eigenvalue weighted by atomic mass is 16.2. The van der Waals surface area contributed by atoms with Crippen molar-refractivity contribution in [1.82, 2.24) is 10.2 Å². The van der Waals surface area contributed by atoms with Crippen LogP contribution in [-0.4, -0.2) is 36.5 Å². The van der Waals surface area contributed by atoms with Crippen molar-refractivity contribution in [3.63, 3.8) is 0 Å². The lowest BCUT2D eigenvalue weighted by molar-refractivity contribution is -0.136. The van der Waals surface area contributed by atoms with Crippen LogP contribution >= 0.6 is 0 Å². The Morgan fingerprint density at radius 2 is 2.20 bits per heavy atom. The third kappa shape index (κ3) is 2.94. The first-order chi connectivity index (χ1) is 7.31. The number of likely N-dealkylation sites (tertiary alicyclic amines) is 1. The molecule has 0 aromatic carbocycles. The van der Waals surface area contributed by atoms with Crippen molar-refractivity contribution in [3.8, 4) is 0 Å². The van der Waals surface area contributed by atoms with Gasteiger partial charge in [-0.1, -0.05) is 19.8 Å². The first-order valence-corrected chi connectivity index (χ1v) is 6.33. The number of nitrogens with one attached hydrogen (secondary N) is 1. The minimum Gasteiger partial charge on any atom is -0.341 e. The highest BCUT2D eigenvalue weighted by Crippen LogP contribution is 2.32. The van der Waals surface area contributed by atoms with Crippen LogP contribution < -0.4 is 5.32 Å². The lowest BCUT2D eigenvalue weighted by Crippen LogP contribution is -2.50. The zero-order valence-electron chi connectivity index (χ0n) is 9.67. The van der Waals surface area contributed by atoms with E-state index in [9.17, 15) is 4.79 Å². The Bertz CT molecular complexity index is 224. The molecule has 1 atom stereocenters. The predicted octanol–water partition coefficient (Wildman–Crippen LogP) is 1.39. The molecule has 0 aromatic rings. The quantitative estimate of drug-likeness (QED) is 0.743. The van der Waals surface area contributed by atoms with E-state index >= 15 is 0 Å². The van der Waals surface area contributed by atoms with Crippen LogP contribution in [0.25, 0.3) is 0 Å². The molecular weight excluding hydrogens is 188 g/mol. The van der Waals surface area contributed by atoms with Crippen LogP contribution in [0.4, 0.5) is 0 Å². The van der Waals surface area contributed by atoms with E-state index in [-0.39, 0.29) is 6.04 Å². The van der Waals surface area contributed by atoms with Crippen LogP contribution in [0.3, 0.4) is 0 Å². The fraction of sp³-hybridized carbons (Fsp3) is 0.917. The molecule has 15 heavy (non-hydrogen) atoms. The Morgan fingerprint density at radius 3 is 2.87 bits per heavy atom. The second-order valence-corrected chi connectivity index (χ2v) is 4.81. The van der Waals surface area contributed by atoms with Crippen LogP contribution in [0.15, 0.2) is 0 Å². The van der Waals surface area contributed by atoms with Gasteiger partial charge in [-0.2, -0.15) is 0 Å². The van der Waals surface area contributed by atoms with Gasteiger partial charge in [-0.3, -0.25) is 4.79 Å². The standard InChI is InChI=1S/C12H22N2O/c1-2-13-11-4-3-8-14(12(11)15)9-7-10-5-6-10/h10-11,13H,2-9H2,1H3. The maximum atomic E-state index is 12.0. The van der Waals surface area contributed by atoms with E-state index in [1.165, 1.54) is 19.3 Å². The molecule has 1 amide bonds. The van der Waals surface area contributed by atoms with Crippen LogP contribution in [0, 0.1) is 5.92 Å². The van der Waals surface area contributed by atoms with Crippen LogP contribution in [-0.2, 0) is 4.79 Å². The molecular formula is C12H22N2O. The minimum absolute atomic E-state index is 0.1000. The summed E-state index contributed by atoms with van der Waals surface area (Å²) in [6.07, 6.45) is 6.18. The summed E-state index contributed by atoms with van der Waals surface area (Å²) < 4.78 is 0. The van der Waals surface area contributed by atoms with Gasteiger partial charge in [-0.05, 0) is 31.7 Å². The summed E-state index contributed by atoms with van der Waals surface area (Å²) in [7, 11) is 0. The minimum atomic E-state index is 0.1000. The van der Waals surface area contributed by atoms with Crippen molar-refractivity contribution in [2.24, 2.45) is 5.92 Å². The Morgan fingerprint density at radius 1 is 1.40 bits per heavy atom. The predicted molar refractivity (Wildman–Crippen MR) is 60.6 cm³/mol. The van der Waals surface area contributed by atoms with Gasteiger partial charge in [0.15, 0.2) is 0 Å². The molecule has 1 saturated heterocycles. The van der Waals surface area contributed by atoms with E-state index in [0.29, 0.717) is 5.91 Å². The number of hydrogen-bond acceptors (Lipinski definition) is 2. The fourth-order valence-electron chi connectivity index (χ4n) is 2.34. The summed E-state index contributed by atoms with van der Waals surface area (Å²) in [5.74, 6) is 1.26. The molecule has 1 unspecified atom stereocenters. The van der Waals surface area contributed by atoms with Crippen LogP contribution in [0.2, 0.25) is 0 Å². The second kappa shape index (κ2) is 4.97. The smallest absolute Gasteiger partial charge is 0.239 e. The number of amides is 1. The molecule has 3 nitrogen and oxygen atoms in total. The molecule has 1 saturated carbocycles. The van der Waals surface area contributed by atoms with Crippen molar-refractivity contribution < 1.29 is 4.79 Å². The molecule has 0 bridgehead atoms. The lowest BCUT2D eigenvalue weighted by Gasteiger charge is -2.32. The number of carbonyl (C=O) groups is 1. The van der Waals surface area contributed by atoms with Gasteiger partial charge in [-0.25, -0.2) is 0 Å². The van der Waals surface area contributed by atoms with E-state index < -0.39 is 0 Å². The molecule has 3 heteroatoms. The van der Waals surface area contributed by atoms with Crippen molar-refractivity contribution in [2.75, 3.05) is 19.6 Å². The van der Waals surface area contributed by atoms with Crippen molar-refractivity contribution in [2.45, 2.75) is 45.1 Å². The van der Waals surface area contributed by atoms with Gasteiger partial charge in [0.25, 0.3) is 0 Å². The third-order valence-corrected chi connectivity index (χ3v) is 3.49. The highest BCUT2D eigenvalue weighted by molar-refractivity contribution is 5.82. The zero-order chi connectivity index (χ0) is 10.7. The number of piperidine rings is 1. The van der Waals surface area contributed by atoms with Crippen molar-refractivity contribution >= 4 is 5.91 Å². The van der Waals surface area contributed by atoms with Gasteiger partial charge in [0.2, 0.25) is 5.91 Å². The zero-order valence-corrected chi connectivity index (χ0v) is 9.67. The van der Waals surface area contributed by atoms with E-state index in [2.05, 4.69) is 17.1 Å². The van der Waals surface area contributed by atoms with Crippen molar-refractivity contribution in [3.05, 3.63) is 0 Å². The number of likely N-dealkylation sites (N-methyl/N-ethyl adjacent to an activating group) is 1. The van der Waals surface area contributed by atoms with Crippen LogP contribution in [0.1, 0.15) is 39.0 Å². The van der Waals surface area contributed by atoms with E-state index in [1.807, 2.05) is 0 Å². The van der Waals surface area contributed by atoms with Crippen molar-refractivity contribution in [1.29, 1.82) is 0 Å². The Balaban J connectivity index is 1.78. The molecule has 2 aliphatic rings. The summed E-state index contributed by atoms with van der Waals surface area (Å²) in [5, 5.41) is 3.28. The third-order valence-electron chi connectivity index (χ3n) is 3.49. The van der Waals surface area contributed by atoms with Gasteiger partial charge >= 0.3 is 0 Å². The molecule has 1 heterocycles. The largest absolute Gasteiger partial charge is 0.341 e. The Hall–Kier alpha value is -0.570. The van der Waals surface area contributed by atoms with Gasteiger partial charge in [0.1, 0.15) is 0 Å². The average molecular weight is 210 g/mol. The second-order valence-electron chi connectivity index (χ2n) is 4.81. The number of rotatable bonds is 5. The lowest BCUT2D eigenvalue weighted by atomic mass is 10.0. The number of hydrogen-bond donors (Lipinski definition) is 1. The van der Waals surface area contributed by atoms with E-state index in [0.717, 1.165) is 38.4 Å². The van der Waals surface area contributed by atoms with Gasteiger partial charge < -0.3 is 10.2 Å². The van der Waals surface area contributed by atoms with Gasteiger partial charge in [0.05, 0.1) is 6.04 Å². The molecule has 2 rings (SSSR count). The fourth-order valence-corrected chi connectivity index (χ4v) is 2.34. The molecule has 0 radical (unpaired) electrons. The molecule has 0 spiro atoms. The molecule has 1 N–H and O–H groups in total. The first kappa shape index (κ1) is 10.9. The van der Waals surface area contributed by atoms with E-state index in [4.69, 9.17) is 0 Å². The van der Waals surface area contributed by atoms with E-state index in [1.54, 1.807) is 0 Å². The molecule has 2 fully saturated rings. The maximum Gasteiger partial charge on any atom is 0.239 e. The number of nitrogens with zero attached hydrogens (tertiary/aromatic N) is 1. The van der Waals surface area contributed by atoms with Crippen LogP contribution in [0.5, 0.6) is 0 Å². The summed E-state index contributed by atoms with van der Waals surface area (Å²) in [6, 6.07) is 0.1000. The summed E-state index contributed by atoms with van der Waals surface area (Å²) in [5.41, 5.74) is 0. The summed E-state index contributed by atoms with van der Waals surface area (Å²) >= 11 is 0. The SMILES string of the molecule is CCNC1CCCN(CCC2CC2)C1=O. The molecule has 86 valence electrons. The van der Waals surface area contributed by atoms with Gasteiger partial charge in [0, 0.05) is 13.1 Å². The first-order valence-electron chi connectivity index (χ1n) is 6.33. The average Bonchev–Trinajstić information content (AvgIpc) is 3.03. The molecule has 0 aromatic heterocycles. The monoisotopic (exact) mass is 210 g/mol. The molecule has 1 aliphatic carbocycles. The maximum absolute atomic E-state index is 12.0. The Kier molecular flexibility index (Phi) is 3.62. The highest BCUT2D eigenvalue weighted by Gasteiger charge is 2.29. The normalized spacial score (nSPS) is 27.1. The molecule has 1 aliphatic heterocycles. The summed E-state index contributed by atoms with van der Waals surface area (Å²) in [4.78, 5) is 14.1. The van der Waals surface area contributed by atoms with Gasteiger partial charge in [-0.15, -0.1) is 0 Å². The summed E-state index contributed by atoms with van der Waals surface area (Å²) in [6.45, 7) is 4.93. The number of carbonyl (C=O) groups excluding carboxylic acids is 1. The Labute approximate surface area is 92.2 Å². The topological polar surface area (TPSA) is 32.3 Å².